The highest BCUT2D eigenvalue weighted by molar-refractivity contribution is 5.99. The summed E-state index contributed by atoms with van der Waals surface area (Å²) < 4.78 is 4.95. The molecule has 0 aromatic heterocycles. The van der Waals surface area contributed by atoms with Gasteiger partial charge in [0.15, 0.2) is 5.78 Å². The van der Waals surface area contributed by atoms with E-state index in [1.165, 1.54) is 5.56 Å². The third kappa shape index (κ3) is 4.59. The SMILES string of the molecule is CCCc1ccc(C(=O)C(N)CCCOC)cc1. The van der Waals surface area contributed by atoms with E-state index in [2.05, 4.69) is 6.92 Å². The molecule has 0 bridgehead atoms. The number of aryl methyl sites for hydroxylation is 1. The molecule has 0 aliphatic carbocycles. The number of ketones is 1. The summed E-state index contributed by atoms with van der Waals surface area (Å²) in [7, 11) is 1.65. The van der Waals surface area contributed by atoms with E-state index in [0.29, 0.717) is 18.6 Å². The van der Waals surface area contributed by atoms with E-state index in [9.17, 15) is 4.79 Å². The van der Waals surface area contributed by atoms with Gasteiger partial charge >= 0.3 is 0 Å². The van der Waals surface area contributed by atoms with Crippen molar-refractivity contribution >= 4 is 5.78 Å². The van der Waals surface area contributed by atoms with E-state index in [1.54, 1.807) is 7.11 Å². The number of Topliss-reactive ketones (excluding diaryl/α,β-unsaturated/α-hetero) is 1. The monoisotopic (exact) mass is 249 g/mol. The van der Waals surface area contributed by atoms with Crippen molar-refractivity contribution in [2.45, 2.75) is 38.6 Å². The van der Waals surface area contributed by atoms with Crippen molar-refractivity contribution in [3.05, 3.63) is 35.4 Å². The topological polar surface area (TPSA) is 52.3 Å². The molecule has 1 rings (SSSR count). The maximum absolute atomic E-state index is 12.0. The van der Waals surface area contributed by atoms with Crippen molar-refractivity contribution in [1.29, 1.82) is 0 Å². The number of ether oxygens (including phenoxy) is 1. The fraction of sp³-hybridized carbons (Fsp3) is 0.533. The van der Waals surface area contributed by atoms with Crippen molar-refractivity contribution < 1.29 is 9.53 Å². The zero-order valence-corrected chi connectivity index (χ0v) is 11.3. The Morgan fingerprint density at radius 1 is 1.33 bits per heavy atom. The van der Waals surface area contributed by atoms with Gasteiger partial charge in [0.2, 0.25) is 0 Å². The molecule has 0 saturated heterocycles. The van der Waals surface area contributed by atoms with Gasteiger partial charge in [0, 0.05) is 19.3 Å². The molecular weight excluding hydrogens is 226 g/mol. The molecule has 1 unspecified atom stereocenters. The number of nitrogens with two attached hydrogens (primary N) is 1. The standard InChI is InChI=1S/C15H23NO2/c1-3-5-12-7-9-13(10-8-12)15(17)14(16)6-4-11-18-2/h7-10,14H,3-6,11,16H2,1-2H3. The number of hydrogen-bond donors (Lipinski definition) is 1. The van der Waals surface area contributed by atoms with Crippen molar-refractivity contribution in [3.63, 3.8) is 0 Å². The van der Waals surface area contributed by atoms with Crippen LogP contribution in [0.5, 0.6) is 0 Å². The Kier molecular flexibility index (Phi) is 6.61. The molecule has 2 N–H and O–H groups in total. The van der Waals surface area contributed by atoms with E-state index in [-0.39, 0.29) is 5.78 Å². The molecule has 1 atom stereocenters. The van der Waals surface area contributed by atoms with Gasteiger partial charge in [-0.15, -0.1) is 0 Å². The molecule has 0 saturated carbocycles. The molecule has 0 spiro atoms. The van der Waals surface area contributed by atoms with Crippen LogP contribution in [0.4, 0.5) is 0 Å². The van der Waals surface area contributed by atoms with Crippen LogP contribution in [-0.2, 0) is 11.2 Å². The first-order valence-electron chi connectivity index (χ1n) is 6.56. The first-order chi connectivity index (χ1) is 8.69. The fourth-order valence-electron chi connectivity index (χ4n) is 1.92. The molecule has 0 radical (unpaired) electrons. The van der Waals surface area contributed by atoms with E-state index >= 15 is 0 Å². The number of hydrogen-bond acceptors (Lipinski definition) is 3. The van der Waals surface area contributed by atoms with Gasteiger partial charge in [-0.25, -0.2) is 0 Å². The van der Waals surface area contributed by atoms with Gasteiger partial charge in [0.05, 0.1) is 6.04 Å². The Labute approximate surface area is 109 Å². The smallest absolute Gasteiger partial charge is 0.179 e. The second kappa shape index (κ2) is 8.01. The molecule has 3 heteroatoms. The van der Waals surface area contributed by atoms with Crippen LogP contribution in [0.15, 0.2) is 24.3 Å². The van der Waals surface area contributed by atoms with Crippen molar-refractivity contribution in [3.8, 4) is 0 Å². The van der Waals surface area contributed by atoms with Gasteiger partial charge in [-0.05, 0) is 24.8 Å². The highest BCUT2D eigenvalue weighted by Gasteiger charge is 2.14. The normalized spacial score (nSPS) is 12.4. The number of benzene rings is 1. The molecule has 3 nitrogen and oxygen atoms in total. The maximum atomic E-state index is 12.0. The molecule has 0 aliphatic rings. The van der Waals surface area contributed by atoms with Crippen LogP contribution in [-0.4, -0.2) is 25.5 Å². The highest BCUT2D eigenvalue weighted by Crippen LogP contribution is 2.10. The summed E-state index contributed by atoms with van der Waals surface area (Å²) in [5.74, 6) is 0.0224. The summed E-state index contributed by atoms with van der Waals surface area (Å²) in [4.78, 5) is 12.0. The zero-order valence-electron chi connectivity index (χ0n) is 11.3. The molecule has 1 aromatic carbocycles. The third-order valence-corrected chi connectivity index (χ3v) is 2.98. The average Bonchev–Trinajstić information content (AvgIpc) is 2.39. The summed E-state index contributed by atoms with van der Waals surface area (Å²) in [6, 6.07) is 7.36. The average molecular weight is 249 g/mol. The Bertz CT molecular complexity index is 359. The summed E-state index contributed by atoms with van der Waals surface area (Å²) in [5, 5.41) is 0. The molecule has 0 fully saturated rings. The van der Waals surface area contributed by atoms with E-state index < -0.39 is 6.04 Å². The van der Waals surface area contributed by atoms with Gasteiger partial charge < -0.3 is 10.5 Å². The van der Waals surface area contributed by atoms with Gasteiger partial charge in [0.25, 0.3) is 0 Å². The van der Waals surface area contributed by atoms with Crippen molar-refractivity contribution in [2.75, 3.05) is 13.7 Å². The second-order valence-corrected chi connectivity index (χ2v) is 4.55. The zero-order chi connectivity index (χ0) is 13.4. The van der Waals surface area contributed by atoms with E-state index in [1.807, 2.05) is 24.3 Å². The van der Waals surface area contributed by atoms with Crippen LogP contribution in [0.1, 0.15) is 42.1 Å². The van der Waals surface area contributed by atoms with Gasteiger partial charge in [-0.3, -0.25) is 4.79 Å². The highest BCUT2D eigenvalue weighted by atomic mass is 16.5. The van der Waals surface area contributed by atoms with Gasteiger partial charge in [0.1, 0.15) is 0 Å². The van der Waals surface area contributed by atoms with Crippen LogP contribution in [0.3, 0.4) is 0 Å². The lowest BCUT2D eigenvalue weighted by atomic mass is 9.99. The first-order valence-corrected chi connectivity index (χ1v) is 6.56. The number of carbonyl (C=O) groups excluding carboxylic acids is 1. The minimum Gasteiger partial charge on any atom is -0.385 e. The predicted octanol–water partition coefficient (Wildman–Crippen LogP) is 2.58. The van der Waals surface area contributed by atoms with E-state index in [0.717, 1.165) is 19.3 Å². The van der Waals surface area contributed by atoms with E-state index in [4.69, 9.17) is 10.5 Å². The minimum absolute atomic E-state index is 0.0224. The summed E-state index contributed by atoms with van der Waals surface area (Å²) >= 11 is 0. The Hall–Kier alpha value is -1.19. The Morgan fingerprint density at radius 2 is 2.00 bits per heavy atom. The van der Waals surface area contributed by atoms with Crippen LogP contribution in [0, 0.1) is 0 Å². The van der Waals surface area contributed by atoms with Crippen LogP contribution in [0.2, 0.25) is 0 Å². The summed E-state index contributed by atoms with van der Waals surface area (Å²) in [5.41, 5.74) is 7.86. The molecule has 0 aliphatic heterocycles. The first kappa shape index (κ1) is 14.9. The fourth-order valence-corrected chi connectivity index (χ4v) is 1.92. The van der Waals surface area contributed by atoms with Gasteiger partial charge in [-0.2, -0.15) is 0 Å². The van der Waals surface area contributed by atoms with Gasteiger partial charge in [-0.1, -0.05) is 37.6 Å². The van der Waals surface area contributed by atoms with Crippen molar-refractivity contribution in [1.82, 2.24) is 0 Å². The molecule has 0 amide bonds. The lowest BCUT2D eigenvalue weighted by Crippen LogP contribution is -2.30. The lowest BCUT2D eigenvalue weighted by molar-refractivity contribution is 0.0950. The Balaban J connectivity index is 2.54. The largest absolute Gasteiger partial charge is 0.385 e. The van der Waals surface area contributed by atoms with Crippen molar-refractivity contribution in [2.24, 2.45) is 5.73 Å². The molecule has 100 valence electrons. The summed E-state index contributed by atoms with van der Waals surface area (Å²) in [6.45, 7) is 2.79. The second-order valence-electron chi connectivity index (χ2n) is 4.55. The number of methoxy groups -OCH3 is 1. The summed E-state index contributed by atoms with van der Waals surface area (Å²) in [6.07, 6.45) is 3.65. The minimum atomic E-state index is -0.419. The third-order valence-electron chi connectivity index (χ3n) is 2.98. The lowest BCUT2D eigenvalue weighted by Gasteiger charge is -2.10. The number of carbonyl (C=O) groups is 1. The van der Waals surface area contributed by atoms with Crippen LogP contribution >= 0.6 is 0 Å². The maximum Gasteiger partial charge on any atom is 0.179 e. The molecule has 18 heavy (non-hydrogen) atoms. The predicted molar refractivity (Wildman–Crippen MR) is 73.9 cm³/mol. The molecular formula is C15H23NO2. The molecule has 0 heterocycles. The Morgan fingerprint density at radius 3 is 2.56 bits per heavy atom. The quantitative estimate of drug-likeness (QED) is 0.569. The molecule has 1 aromatic rings. The van der Waals surface area contributed by atoms with Crippen LogP contribution in [0.25, 0.3) is 0 Å². The number of rotatable bonds is 8. The van der Waals surface area contributed by atoms with Crippen LogP contribution < -0.4 is 5.73 Å².